The normalized spacial score (nSPS) is 16.2. The van der Waals surface area contributed by atoms with Crippen LogP contribution in [0.15, 0.2) is 54.6 Å². The van der Waals surface area contributed by atoms with E-state index in [4.69, 9.17) is 4.74 Å². The molecule has 0 saturated carbocycles. The van der Waals surface area contributed by atoms with Crippen LogP contribution in [0.2, 0.25) is 0 Å². The van der Waals surface area contributed by atoms with Gasteiger partial charge in [-0.25, -0.2) is 0 Å². The summed E-state index contributed by atoms with van der Waals surface area (Å²) in [7, 11) is 0. The molecule has 0 aliphatic carbocycles. The van der Waals surface area contributed by atoms with Crippen molar-refractivity contribution >= 4 is 0 Å². The van der Waals surface area contributed by atoms with Crippen molar-refractivity contribution in [1.82, 2.24) is 10.2 Å². The van der Waals surface area contributed by atoms with Crippen LogP contribution in [0.1, 0.15) is 36.9 Å². The molecular formula is C21H28N2O. The summed E-state index contributed by atoms with van der Waals surface area (Å²) >= 11 is 0. The summed E-state index contributed by atoms with van der Waals surface area (Å²) < 4.78 is 5.61. The van der Waals surface area contributed by atoms with Gasteiger partial charge in [0.1, 0.15) is 5.75 Å². The summed E-state index contributed by atoms with van der Waals surface area (Å²) in [6, 6.07) is 19.5. The van der Waals surface area contributed by atoms with E-state index in [0.29, 0.717) is 12.6 Å². The fourth-order valence-electron chi connectivity index (χ4n) is 3.35. The van der Waals surface area contributed by atoms with E-state index < -0.39 is 0 Å². The molecule has 2 aromatic rings. The molecule has 1 aliphatic rings. The Hall–Kier alpha value is -1.84. The largest absolute Gasteiger partial charge is 0.494 e. The van der Waals surface area contributed by atoms with Crippen LogP contribution in [0.5, 0.6) is 5.75 Å². The molecule has 1 unspecified atom stereocenters. The quantitative estimate of drug-likeness (QED) is 0.794. The molecule has 0 bridgehead atoms. The Bertz CT molecular complexity index is 608. The molecule has 0 radical (unpaired) electrons. The van der Waals surface area contributed by atoms with Crippen molar-refractivity contribution in [3.63, 3.8) is 0 Å². The number of nitrogens with one attached hydrogen (secondary N) is 1. The van der Waals surface area contributed by atoms with Gasteiger partial charge in [-0.2, -0.15) is 0 Å². The van der Waals surface area contributed by atoms with Crippen molar-refractivity contribution in [2.45, 2.75) is 32.4 Å². The smallest absolute Gasteiger partial charge is 0.119 e. The van der Waals surface area contributed by atoms with Gasteiger partial charge < -0.3 is 15.0 Å². The van der Waals surface area contributed by atoms with E-state index in [-0.39, 0.29) is 0 Å². The van der Waals surface area contributed by atoms with Crippen molar-refractivity contribution in [3.05, 3.63) is 65.7 Å². The SMILES string of the molecule is CCOc1cccc(CNC(CN2CCCC2)c2ccccc2)c1. The lowest BCUT2D eigenvalue weighted by Crippen LogP contribution is -2.33. The molecule has 24 heavy (non-hydrogen) atoms. The summed E-state index contributed by atoms with van der Waals surface area (Å²) in [5.74, 6) is 0.951. The summed E-state index contributed by atoms with van der Waals surface area (Å²) in [5.41, 5.74) is 2.63. The molecule has 1 saturated heterocycles. The minimum atomic E-state index is 0.361. The second-order valence-corrected chi connectivity index (χ2v) is 6.43. The molecule has 0 spiro atoms. The Labute approximate surface area is 145 Å². The standard InChI is InChI=1S/C21H28N2O/c1-2-24-20-12-8-9-18(15-20)16-22-21(17-23-13-6-7-14-23)19-10-4-3-5-11-19/h3-5,8-12,15,21-22H,2,6-7,13-14,16-17H2,1H3. The van der Waals surface area contributed by atoms with Crippen molar-refractivity contribution in [2.75, 3.05) is 26.2 Å². The Morgan fingerprint density at radius 2 is 1.83 bits per heavy atom. The summed E-state index contributed by atoms with van der Waals surface area (Å²) in [6.07, 6.45) is 2.66. The van der Waals surface area contributed by atoms with Gasteiger partial charge in [-0.15, -0.1) is 0 Å². The van der Waals surface area contributed by atoms with Crippen LogP contribution in [0, 0.1) is 0 Å². The van der Waals surface area contributed by atoms with Gasteiger partial charge in [0, 0.05) is 19.1 Å². The van der Waals surface area contributed by atoms with Gasteiger partial charge in [-0.05, 0) is 56.1 Å². The molecule has 1 N–H and O–H groups in total. The zero-order chi connectivity index (χ0) is 16.6. The van der Waals surface area contributed by atoms with Crippen LogP contribution in [0.25, 0.3) is 0 Å². The number of hydrogen-bond acceptors (Lipinski definition) is 3. The van der Waals surface area contributed by atoms with E-state index in [0.717, 1.165) is 18.8 Å². The van der Waals surface area contributed by atoms with Gasteiger partial charge in [0.05, 0.1) is 6.61 Å². The molecule has 128 valence electrons. The van der Waals surface area contributed by atoms with Crippen LogP contribution in [0.4, 0.5) is 0 Å². The summed E-state index contributed by atoms with van der Waals surface area (Å²) in [6.45, 7) is 7.12. The van der Waals surface area contributed by atoms with Gasteiger partial charge in [0.15, 0.2) is 0 Å². The fourth-order valence-corrected chi connectivity index (χ4v) is 3.35. The highest BCUT2D eigenvalue weighted by Gasteiger charge is 2.18. The molecule has 3 rings (SSSR count). The maximum Gasteiger partial charge on any atom is 0.119 e. The average molecular weight is 324 g/mol. The zero-order valence-corrected chi connectivity index (χ0v) is 14.6. The average Bonchev–Trinajstić information content (AvgIpc) is 3.13. The lowest BCUT2D eigenvalue weighted by Gasteiger charge is -2.25. The number of rotatable bonds is 8. The Morgan fingerprint density at radius 3 is 2.58 bits per heavy atom. The van der Waals surface area contributed by atoms with Gasteiger partial charge >= 0.3 is 0 Å². The third-order valence-electron chi connectivity index (χ3n) is 4.60. The molecule has 0 amide bonds. The van der Waals surface area contributed by atoms with Crippen molar-refractivity contribution in [2.24, 2.45) is 0 Å². The number of ether oxygens (including phenoxy) is 1. The number of nitrogens with zero attached hydrogens (tertiary/aromatic N) is 1. The van der Waals surface area contributed by atoms with E-state index in [1.54, 1.807) is 0 Å². The maximum atomic E-state index is 5.61. The predicted molar refractivity (Wildman–Crippen MR) is 99.3 cm³/mol. The Balaban J connectivity index is 1.66. The first-order chi connectivity index (χ1) is 11.8. The van der Waals surface area contributed by atoms with Crippen LogP contribution < -0.4 is 10.1 Å². The minimum absolute atomic E-state index is 0.361. The summed E-state index contributed by atoms with van der Waals surface area (Å²) in [5, 5.41) is 3.75. The monoisotopic (exact) mass is 324 g/mol. The van der Waals surface area contributed by atoms with Crippen LogP contribution in [-0.2, 0) is 6.54 Å². The number of benzene rings is 2. The molecule has 1 fully saturated rings. The lowest BCUT2D eigenvalue weighted by atomic mass is 10.1. The van der Waals surface area contributed by atoms with Crippen molar-refractivity contribution in [1.29, 1.82) is 0 Å². The number of hydrogen-bond donors (Lipinski definition) is 1. The molecule has 1 atom stereocenters. The first-order valence-electron chi connectivity index (χ1n) is 9.07. The third-order valence-corrected chi connectivity index (χ3v) is 4.60. The second-order valence-electron chi connectivity index (χ2n) is 6.43. The highest BCUT2D eigenvalue weighted by Crippen LogP contribution is 2.19. The van der Waals surface area contributed by atoms with Gasteiger partial charge in [0.25, 0.3) is 0 Å². The van der Waals surface area contributed by atoms with E-state index in [2.05, 4.69) is 58.7 Å². The minimum Gasteiger partial charge on any atom is -0.494 e. The lowest BCUT2D eigenvalue weighted by molar-refractivity contribution is 0.291. The Morgan fingerprint density at radius 1 is 1.04 bits per heavy atom. The highest BCUT2D eigenvalue weighted by atomic mass is 16.5. The highest BCUT2D eigenvalue weighted by molar-refractivity contribution is 5.29. The topological polar surface area (TPSA) is 24.5 Å². The van der Waals surface area contributed by atoms with E-state index in [1.807, 2.05) is 13.0 Å². The zero-order valence-electron chi connectivity index (χ0n) is 14.6. The first-order valence-corrected chi connectivity index (χ1v) is 9.07. The van der Waals surface area contributed by atoms with Crippen LogP contribution >= 0.6 is 0 Å². The van der Waals surface area contributed by atoms with E-state index >= 15 is 0 Å². The van der Waals surface area contributed by atoms with Gasteiger partial charge in [0.2, 0.25) is 0 Å². The van der Waals surface area contributed by atoms with E-state index in [1.165, 1.54) is 37.1 Å². The fraction of sp³-hybridized carbons (Fsp3) is 0.429. The second kappa shape index (κ2) is 8.86. The molecule has 1 heterocycles. The summed E-state index contributed by atoms with van der Waals surface area (Å²) in [4.78, 5) is 2.57. The molecule has 2 aromatic carbocycles. The van der Waals surface area contributed by atoms with Crippen LogP contribution in [-0.4, -0.2) is 31.1 Å². The van der Waals surface area contributed by atoms with Crippen LogP contribution in [0.3, 0.4) is 0 Å². The third kappa shape index (κ3) is 4.83. The predicted octanol–water partition coefficient (Wildman–Crippen LogP) is 4.01. The van der Waals surface area contributed by atoms with Crippen molar-refractivity contribution < 1.29 is 4.74 Å². The number of likely N-dealkylation sites (tertiary alicyclic amines) is 1. The molecule has 1 aliphatic heterocycles. The van der Waals surface area contributed by atoms with Gasteiger partial charge in [-0.1, -0.05) is 42.5 Å². The maximum absolute atomic E-state index is 5.61. The first kappa shape index (κ1) is 17.0. The van der Waals surface area contributed by atoms with Crippen molar-refractivity contribution in [3.8, 4) is 5.75 Å². The van der Waals surface area contributed by atoms with Gasteiger partial charge in [-0.3, -0.25) is 0 Å². The molecular weight excluding hydrogens is 296 g/mol. The molecule has 0 aromatic heterocycles. The Kier molecular flexibility index (Phi) is 6.27. The molecule has 3 heteroatoms. The molecule has 3 nitrogen and oxygen atoms in total. The van der Waals surface area contributed by atoms with E-state index in [9.17, 15) is 0 Å².